The summed E-state index contributed by atoms with van der Waals surface area (Å²) >= 11 is 6.37. The van der Waals surface area contributed by atoms with Crippen molar-refractivity contribution in [2.75, 3.05) is 17.3 Å². The lowest BCUT2D eigenvalue weighted by atomic mass is 10.1. The summed E-state index contributed by atoms with van der Waals surface area (Å²) in [5.74, 6) is 1.32. The van der Waals surface area contributed by atoms with E-state index in [9.17, 15) is 0 Å². The number of benzene rings is 2. The van der Waals surface area contributed by atoms with E-state index in [0.717, 1.165) is 22.5 Å². The fraction of sp³-hybridized carbons (Fsp3) is 0.158. The number of aromatic nitrogens is 2. The third-order valence-electron chi connectivity index (χ3n) is 3.77. The molecule has 0 bridgehead atoms. The van der Waals surface area contributed by atoms with Gasteiger partial charge in [-0.25, -0.2) is 4.98 Å². The molecule has 24 heavy (non-hydrogen) atoms. The Morgan fingerprint density at radius 1 is 1.04 bits per heavy atom. The quantitative estimate of drug-likeness (QED) is 0.704. The summed E-state index contributed by atoms with van der Waals surface area (Å²) in [6.45, 7) is 4.06. The molecule has 0 saturated carbocycles. The molecule has 0 unspecified atom stereocenters. The van der Waals surface area contributed by atoms with Gasteiger partial charge in [0, 0.05) is 18.9 Å². The second kappa shape index (κ2) is 6.89. The van der Waals surface area contributed by atoms with Crippen LogP contribution < -0.4 is 10.2 Å². The van der Waals surface area contributed by atoms with Crippen molar-refractivity contribution < 1.29 is 0 Å². The molecular formula is C19H19ClN4. The van der Waals surface area contributed by atoms with E-state index in [-0.39, 0.29) is 0 Å². The number of para-hydroxylation sites is 1. The number of halogens is 1. The fourth-order valence-corrected chi connectivity index (χ4v) is 2.92. The Labute approximate surface area is 147 Å². The number of hydrogen-bond donors (Lipinski definition) is 1. The Balaban J connectivity index is 1.89. The maximum Gasteiger partial charge on any atom is 0.231 e. The van der Waals surface area contributed by atoms with Gasteiger partial charge in [0.2, 0.25) is 5.95 Å². The van der Waals surface area contributed by atoms with E-state index < -0.39 is 0 Å². The predicted molar refractivity (Wildman–Crippen MR) is 101 cm³/mol. The van der Waals surface area contributed by atoms with Crippen molar-refractivity contribution in [2.24, 2.45) is 0 Å². The van der Waals surface area contributed by atoms with Gasteiger partial charge in [0.15, 0.2) is 0 Å². The fourth-order valence-electron chi connectivity index (χ4n) is 2.55. The molecule has 1 N–H and O–H groups in total. The van der Waals surface area contributed by atoms with E-state index in [4.69, 9.17) is 11.6 Å². The van der Waals surface area contributed by atoms with Crippen LogP contribution in [0.5, 0.6) is 0 Å². The van der Waals surface area contributed by atoms with Crippen LogP contribution >= 0.6 is 11.6 Å². The van der Waals surface area contributed by atoms with Crippen LogP contribution in [-0.4, -0.2) is 17.0 Å². The van der Waals surface area contributed by atoms with E-state index in [2.05, 4.69) is 21.4 Å². The Bertz CT molecular complexity index is 826. The molecule has 4 nitrogen and oxygen atoms in total. The molecule has 2 aromatic carbocycles. The predicted octanol–water partition coefficient (Wildman–Crippen LogP) is 5.26. The van der Waals surface area contributed by atoms with E-state index in [1.807, 2.05) is 68.3 Å². The molecule has 3 rings (SSSR count). The molecule has 0 aliphatic heterocycles. The van der Waals surface area contributed by atoms with Gasteiger partial charge in [-0.1, -0.05) is 35.9 Å². The van der Waals surface area contributed by atoms with Gasteiger partial charge in [-0.2, -0.15) is 4.98 Å². The highest BCUT2D eigenvalue weighted by atomic mass is 35.5. The zero-order valence-electron chi connectivity index (χ0n) is 13.9. The van der Waals surface area contributed by atoms with Gasteiger partial charge in [0.1, 0.15) is 5.82 Å². The van der Waals surface area contributed by atoms with E-state index in [0.29, 0.717) is 16.8 Å². The van der Waals surface area contributed by atoms with Crippen LogP contribution in [-0.2, 0) is 0 Å². The minimum Gasteiger partial charge on any atom is -0.339 e. The van der Waals surface area contributed by atoms with Crippen molar-refractivity contribution >= 4 is 34.7 Å². The SMILES string of the molecule is Cc1cc(C)c(Nc2ccnc(N(C)c3ccccc3)n2)c(Cl)c1. The van der Waals surface area contributed by atoms with Gasteiger partial charge in [-0.3, -0.25) is 0 Å². The summed E-state index contributed by atoms with van der Waals surface area (Å²) in [5.41, 5.74) is 4.11. The zero-order valence-corrected chi connectivity index (χ0v) is 14.7. The highest BCUT2D eigenvalue weighted by Gasteiger charge is 2.10. The average Bonchev–Trinajstić information content (AvgIpc) is 2.58. The van der Waals surface area contributed by atoms with E-state index in [1.165, 1.54) is 0 Å². The molecule has 0 saturated heterocycles. The van der Waals surface area contributed by atoms with Crippen LogP contribution in [0.3, 0.4) is 0 Å². The summed E-state index contributed by atoms with van der Waals surface area (Å²) < 4.78 is 0. The highest BCUT2D eigenvalue weighted by Crippen LogP contribution is 2.30. The van der Waals surface area contributed by atoms with Gasteiger partial charge in [0.25, 0.3) is 0 Å². The normalized spacial score (nSPS) is 10.5. The van der Waals surface area contributed by atoms with Crippen LogP contribution in [0.1, 0.15) is 11.1 Å². The molecule has 5 heteroatoms. The van der Waals surface area contributed by atoms with Crippen LogP contribution in [0.2, 0.25) is 5.02 Å². The lowest BCUT2D eigenvalue weighted by Gasteiger charge is -2.18. The molecule has 0 aliphatic rings. The molecular weight excluding hydrogens is 320 g/mol. The summed E-state index contributed by atoms with van der Waals surface area (Å²) in [6, 6.07) is 15.9. The van der Waals surface area contributed by atoms with Crippen LogP contribution in [0.15, 0.2) is 54.7 Å². The van der Waals surface area contributed by atoms with Crippen LogP contribution in [0.25, 0.3) is 0 Å². The summed E-state index contributed by atoms with van der Waals surface area (Å²) in [5, 5.41) is 3.99. The molecule has 1 heterocycles. The Hall–Kier alpha value is -2.59. The van der Waals surface area contributed by atoms with Crippen molar-refractivity contribution in [3.05, 3.63) is 70.9 Å². The van der Waals surface area contributed by atoms with Crippen LogP contribution in [0, 0.1) is 13.8 Å². The molecule has 0 atom stereocenters. The van der Waals surface area contributed by atoms with E-state index >= 15 is 0 Å². The maximum atomic E-state index is 6.37. The topological polar surface area (TPSA) is 41.1 Å². The lowest BCUT2D eigenvalue weighted by Crippen LogP contribution is -2.13. The Kier molecular flexibility index (Phi) is 4.67. The first-order chi connectivity index (χ1) is 11.5. The lowest BCUT2D eigenvalue weighted by molar-refractivity contribution is 1.04. The molecule has 3 aromatic rings. The third kappa shape index (κ3) is 3.49. The van der Waals surface area contributed by atoms with E-state index in [1.54, 1.807) is 6.20 Å². The number of rotatable bonds is 4. The van der Waals surface area contributed by atoms with Gasteiger partial charge in [0.05, 0.1) is 10.7 Å². The van der Waals surface area contributed by atoms with Gasteiger partial charge in [-0.05, 0) is 49.2 Å². The molecule has 0 aliphatic carbocycles. The first kappa shape index (κ1) is 16.3. The van der Waals surface area contributed by atoms with Crippen molar-refractivity contribution in [1.29, 1.82) is 0 Å². The second-order valence-electron chi connectivity index (χ2n) is 5.70. The second-order valence-corrected chi connectivity index (χ2v) is 6.11. The first-order valence-electron chi connectivity index (χ1n) is 7.70. The van der Waals surface area contributed by atoms with Crippen molar-refractivity contribution in [2.45, 2.75) is 13.8 Å². The van der Waals surface area contributed by atoms with Crippen molar-refractivity contribution in [3.8, 4) is 0 Å². The standard InChI is InChI=1S/C19H19ClN4/c1-13-11-14(2)18(16(20)12-13)22-17-9-10-21-19(23-17)24(3)15-7-5-4-6-8-15/h4-12H,1-3H3,(H,21,22,23). The van der Waals surface area contributed by atoms with Crippen molar-refractivity contribution in [1.82, 2.24) is 9.97 Å². The van der Waals surface area contributed by atoms with Crippen LogP contribution in [0.4, 0.5) is 23.1 Å². The monoisotopic (exact) mass is 338 g/mol. The zero-order chi connectivity index (χ0) is 17.1. The number of anilines is 4. The Morgan fingerprint density at radius 2 is 1.79 bits per heavy atom. The Morgan fingerprint density at radius 3 is 2.50 bits per heavy atom. The van der Waals surface area contributed by atoms with Gasteiger partial charge < -0.3 is 10.2 Å². The molecule has 122 valence electrons. The summed E-state index contributed by atoms with van der Waals surface area (Å²) in [6.07, 6.45) is 1.74. The number of nitrogens with one attached hydrogen (secondary N) is 1. The molecule has 0 radical (unpaired) electrons. The smallest absolute Gasteiger partial charge is 0.231 e. The minimum atomic E-state index is 0.618. The number of aryl methyl sites for hydroxylation is 2. The average molecular weight is 339 g/mol. The molecule has 1 aromatic heterocycles. The van der Waals surface area contributed by atoms with Gasteiger partial charge in [-0.15, -0.1) is 0 Å². The number of hydrogen-bond acceptors (Lipinski definition) is 4. The number of nitrogens with zero attached hydrogens (tertiary/aromatic N) is 3. The summed E-state index contributed by atoms with van der Waals surface area (Å²) in [4.78, 5) is 10.9. The molecule has 0 fully saturated rings. The molecule has 0 spiro atoms. The minimum absolute atomic E-state index is 0.618. The third-order valence-corrected chi connectivity index (χ3v) is 4.07. The van der Waals surface area contributed by atoms with Crippen molar-refractivity contribution in [3.63, 3.8) is 0 Å². The largest absolute Gasteiger partial charge is 0.339 e. The molecule has 0 amide bonds. The summed E-state index contributed by atoms with van der Waals surface area (Å²) in [7, 11) is 1.94. The highest BCUT2D eigenvalue weighted by molar-refractivity contribution is 6.33. The van der Waals surface area contributed by atoms with Gasteiger partial charge >= 0.3 is 0 Å². The maximum absolute atomic E-state index is 6.37. The first-order valence-corrected chi connectivity index (χ1v) is 8.08.